The molecule has 104 valence electrons. The van der Waals surface area contributed by atoms with E-state index in [9.17, 15) is 4.79 Å². The maximum atomic E-state index is 12.5. The van der Waals surface area contributed by atoms with Crippen LogP contribution in [0.2, 0.25) is 0 Å². The summed E-state index contributed by atoms with van der Waals surface area (Å²) in [5.74, 6) is -0.145. The minimum Gasteiger partial charge on any atom is -0.398 e. The predicted molar refractivity (Wildman–Crippen MR) is 87.2 cm³/mol. The normalized spacial score (nSPS) is 10.4. The van der Waals surface area contributed by atoms with E-state index >= 15 is 0 Å². The number of hydrogen-bond acceptors (Lipinski definition) is 2. The first-order valence-electron chi connectivity index (χ1n) is 6.33. The molecule has 0 bridgehead atoms. The zero-order valence-corrected chi connectivity index (χ0v) is 13.3. The molecule has 0 saturated carbocycles. The molecule has 0 aromatic heterocycles. The van der Waals surface area contributed by atoms with Crippen LogP contribution in [0.4, 0.5) is 11.4 Å². The van der Waals surface area contributed by atoms with Gasteiger partial charge in [-0.2, -0.15) is 0 Å². The third-order valence-corrected chi connectivity index (χ3v) is 3.83. The van der Waals surface area contributed by atoms with Gasteiger partial charge in [-0.05, 0) is 49.6 Å². The van der Waals surface area contributed by atoms with Gasteiger partial charge in [0.2, 0.25) is 0 Å². The largest absolute Gasteiger partial charge is 0.398 e. The van der Waals surface area contributed by atoms with Gasteiger partial charge in [-0.15, -0.1) is 0 Å². The lowest BCUT2D eigenvalue weighted by Crippen LogP contribution is -2.16. The topological polar surface area (TPSA) is 55.1 Å². The fourth-order valence-corrected chi connectivity index (χ4v) is 2.60. The van der Waals surface area contributed by atoms with Crippen LogP contribution in [0.3, 0.4) is 0 Å². The van der Waals surface area contributed by atoms with Crippen LogP contribution in [0.5, 0.6) is 0 Å². The zero-order chi connectivity index (χ0) is 14.9. The summed E-state index contributed by atoms with van der Waals surface area (Å²) in [5.41, 5.74) is 10.8. The maximum absolute atomic E-state index is 12.5. The number of para-hydroxylation sites is 1. The van der Waals surface area contributed by atoms with Crippen molar-refractivity contribution in [3.63, 3.8) is 0 Å². The molecule has 0 aliphatic carbocycles. The lowest BCUT2D eigenvalue weighted by molar-refractivity contribution is 0.102. The average Bonchev–Trinajstić information content (AvgIpc) is 2.38. The Labute approximate surface area is 127 Å². The van der Waals surface area contributed by atoms with Gasteiger partial charge in [-0.25, -0.2) is 0 Å². The van der Waals surface area contributed by atoms with Gasteiger partial charge in [0.15, 0.2) is 0 Å². The first-order chi connectivity index (χ1) is 9.40. The van der Waals surface area contributed by atoms with Crippen molar-refractivity contribution >= 4 is 33.2 Å². The highest BCUT2D eigenvalue weighted by molar-refractivity contribution is 9.10. The molecular formula is C16H17BrN2O. The summed E-state index contributed by atoms with van der Waals surface area (Å²) < 4.78 is 0.798. The number of amides is 1. The Morgan fingerprint density at radius 3 is 2.35 bits per heavy atom. The number of carbonyl (C=O) groups is 1. The number of benzene rings is 2. The Morgan fingerprint density at radius 2 is 1.75 bits per heavy atom. The first kappa shape index (κ1) is 14.6. The summed E-state index contributed by atoms with van der Waals surface area (Å²) >= 11 is 3.37. The van der Waals surface area contributed by atoms with Crippen LogP contribution in [-0.2, 0) is 0 Å². The Balaban J connectivity index is 2.39. The molecule has 2 aromatic carbocycles. The van der Waals surface area contributed by atoms with Crippen molar-refractivity contribution in [2.75, 3.05) is 11.1 Å². The third-order valence-electron chi connectivity index (χ3n) is 3.38. The van der Waals surface area contributed by atoms with Crippen molar-refractivity contribution in [1.29, 1.82) is 0 Å². The number of hydrogen-bond donors (Lipinski definition) is 2. The monoisotopic (exact) mass is 332 g/mol. The number of anilines is 2. The summed E-state index contributed by atoms with van der Waals surface area (Å²) in [5, 5.41) is 2.97. The summed E-state index contributed by atoms with van der Waals surface area (Å²) in [4.78, 5) is 12.5. The smallest absolute Gasteiger partial charge is 0.256 e. The molecule has 0 saturated heterocycles. The quantitative estimate of drug-likeness (QED) is 0.809. The van der Waals surface area contributed by atoms with Crippen molar-refractivity contribution in [3.8, 4) is 0 Å². The van der Waals surface area contributed by atoms with Crippen LogP contribution in [-0.4, -0.2) is 5.91 Å². The molecule has 1 amide bonds. The van der Waals surface area contributed by atoms with Crippen LogP contribution in [0, 0.1) is 20.8 Å². The Kier molecular flexibility index (Phi) is 4.14. The molecule has 0 unspecified atom stereocenters. The summed E-state index contributed by atoms with van der Waals surface area (Å²) in [6.07, 6.45) is 0. The van der Waals surface area contributed by atoms with Crippen LogP contribution < -0.4 is 11.1 Å². The van der Waals surface area contributed by atoms with Crippen molar-refractivity contribution in [2.24, 2.45) is 0 Å². The lowest BCUT2D eigenvalue weighted by atomic mass is 10.0. The minimum atomic E-state index is -0.145. The number of nitrogen functional groups attached to an aromatic ring is 1. The van der Waals surface area contributed by atoms with E-state index in [2.05, 4.69) is 21.2 Å². The van der Waals surface area contributed by atoms with E-state index in [0.29, 0.717) is 11.3 Å². The zero-order valence-electron chi connectivity index (χ0n) is 11.8. The van der Waals surface area contributed by atoms with Crippen molar-refractivity contribution in [1.82, 2.24) is 0 Å². The second-order valence-corrected chi connectivity index (χ2v) is 5.80. The van der Waals surface area contributed by atoms with Gasteiger partial charge < -0.3 is 11.1 Å². The number of rotatable bonds is 2. The molecule has 2 rings (SSSR count). The molecule has 0 heterocycles. The molecule has 2 aromatic rings. The molecule has 0 radical (unpaired) electrons. The van der Waals surface area contributed by atoms with Gasteiger partial charge in [0.1, 0.15) is 0 Å². The highest BCUT2D eigenvalue weighted by Crippen LogP contribution is 2.25. The van der Waals surface area contributed by atoms with Crippen LogP contribution >= 0.6 is 15.9 Å². The van der Waals surface area contributed by atoms with Gasteiger partial charge in [-0.1, -0.05) is 34.1 Å². The number of nitrogens with two attached hydrogens (primary N) is 1. The second kappa shape index (κ2) is 5.67. The van der Waals surface area contributed by atoms with Gasteiger partial charge in [0.25, 0.3) is 5.91 Å². The van der Waals surface area contributed by atoms with E-state index in [1.54, 1.807) is 12.1 Å². The Morgan fingerprint density at radius 1 is 1.15 bits per heavy atom. The number of aryl methyl sites for hydroxylation is 2. The minimum absolute atomic E-state index is 0.145. The van der Waals surface area contributed by atoms with Crippen molar-refractivity contribution in [3.05, 3.63) is 57.1 Å². The van der Waals surface area contributed by atoms with Crippen LogP contribution in [0.1, 0.15) is 27.0 Å². The van der Waals surface area contributed by atoms with Gasteiger partial charge in [0.05, 0.1) is 0 Å². The standard InChI is InChI=1S/C16H17BrN2O/c1-9-5-4-6-10(2)15(9)19-16(20)13-7-12(17)8-14(18)11(13)3/h4-8H,18H2,1-3H3,(H,19,20). The molecule has 3 N–H and O–H groups in total. The predicted octanol–water partition coefficient (Wildman–Crippen LogP) is 4.21. The summed E-state index contributed by atoms with van der Waals surface area (Å²) in [6.45, 7) is 5.80. The molecule has 4 heteroatoms. The second-order valence-electron chi connectivity index (χ2n) is 4.89. The highest BCUT2D eigenvalue weighted by Gasteiger charge is 2.14. The summed E-state index contributed by atoms with van der Waals surface area (Å²) in [6, 6.07) is 9.51. The molecule has 0 aliphatic rings. The molecule has 3 nitrogen and oxygen atoms in total. The van der Waals surface area contributed by atoms with E-state index in [1.807, 2.05) is 39.0 Å². The highest BCUT2D eigenvalue weighted by atomic mass is 79.9. The number of nitrogens with one attached hydrogen (secondary N) is 1. The maximum Gasteiger partial charge on any atom is 0.256 e. The van der Waals surface area contributed by atoms with Crippen molar-refractivity contribution in [2.45, 2.75) is 20.8 Å². The van der Waals surface area contributed by atoms with Gasteiger partial charge in [0, 0.05) is 21.4 Å². The summed E-state index contributed by atoms with van der Waals surface area (Å²) in [7, 11) is 0. The van der Waals surface area contributed by atoms with Crippen LogP contribution in [0.15, 0.2) is 34.8 Å². The Hall–Kier alpha value is -1.81. The van der Waals surface area contributed by atoms with Crippen LogP contribution in [0.25, 0.3) is 0 Å². The van der Waals surface area contributed by atoms with E-state index in [0.717, 1.165) is 26.9 Å². The van der Waals surface area contributed by atoms with E-state index in [1.165, 1.54) is 0 Å². The number of carbonyl (C=O) groups excluding carboxylic acids is 1. The fourth-order valence-electron chi connectivity index (χ4n) is 2.13. The average molecular weight is 333 g/mol. The van der Waals surface area contributed by atoms with Gasteiger partial charge in [-0.3, -0.25) is 4.79 Å². The van der Waals surface area contributed by atoms with Crippen molar-refractivity contribution < 1.29 is 4.79 Å². The first-order valence-corrected chi connectivity index (χ1v) is 7.12. The molecule has 20 heavy (non-hydrogen) atoms. The SMILES string of the molecule is Cc1cccc(C)c1NC(=O)c1cc(Br)cc(N)c1C. The van der Waals surface area contributed by atoms with Gasteiger partial charge >= 0.3 is 0 Å². The fraction of sp³-hybridized carbons (Fsp3) is 0.188. The van der Waals surface area contributed by atoms with E-state index < -0.39 is 0 Å². The third kappa shape index (κ3) is 2.85. The number of halogens is 1. The molecule has 0 spiro atoms. The molecule has 0 aliphatic heterocycles. The van der Waals surface area contributed by atoms with E-state index in [-0.39, 0.29) is 5.91 Å². The molecule has 0 fully saturated rings. The van der Waals surface area contributed by atoms with E-state index in [4.69, 9.17) is 5.73 Å². The molecule has 0 atom stereocenters. The Bertz CT molecular complexity index is 660. The molecular weight excluding hydrogens is 316 g/mol. The lowest BCUT2D eigenvalue weighted by Gasteiger charge is -2.14.